The minimum Gasteiger partial charge on any atom is -0.334 e. The van der Waals surface area contributed by atoms with E-state index in [1.807, 2.05) is 10.6 Å². The van der Waals surface area contributed by atoms with E-state index in [4.69, 9.17) is 6.42 Å². The molecule has 1 N–H and O–H groups in total. The summed E-state index contributed by atoms with van der Waals surface area (Å²) in [6.45, 7) is 0.390. The van der Waals surface area contributed by atoms with Gasteiger partial charge in [0.15, 0.2) is 0 Å². The van der Waals surface area contributed by atoms with Crippen LogP contribution in [0.1, 0.15) is 15.9 Å². The normalized spacial score (nSPS) is 10.0. The van der Waals surface area contributed by atoms with Crippen molar-refractivity contribution in [3.63, 3.8) is 0 Å². The van der Waals surface area contributed by atoms with Gasteiger partial charge in [-0.3, -0.25) is 9.78 Å². The Morgan fingerprint density at radius 1 is 1.30 bits per heavy atom. The molecule has 2 aromatic heterocycles. The predicted molar refractivity (Wildman–Crippen MR) is 87.7 cm³/mol. The summed E-state index contributed by atoms with van der Waals surface area (Å²) in [6.07, 6.45) is 10.2. The Labute approximate surface area is 133 Å². The number of hydrogen-bond acceptors (Lipinski definition) is 3. The smallest absolute Gasteiger partial charge is 0.255 e. The van der Waals surface area contributed by atoms with Crippen molar-refractivity contribution in [2.45, 2.75) is 6.54 Å². The Hall–Kier alpha value is -3.57. The minimum atomic E-state index is -0.228. The van der Waals surface area contributed by atoms with Crippen LogP contribution in [0.5, 0.6) is 0 Å². The number of pyridine rings is 1. The molecule has 0 saturated carbocycles. The Kier molecular flexibility index (Phi) is 3.78. The second-order valence-electron chi connectivity index (χ2n) is 4.91. The molecular formula is C18H12N4O. The van der Waals surface area contributed by atoms with Crippen molar-refractivity contribution < 1.29 is 4.79 Å². The van der Waals surface area contributed by atoms with E-state index in [2.05, 4.69) is 22.3 Å². The molecule has 1 aromatic carbocycles. The van der Waals surface area contributed by atoms with Crippen molar-refractivity contribution in [2.24, 2.45) is 0 Å². The Bertz CT molecular complexity index is 958. The number of amides is 1. The van der Waals surface area contributed by atoms with Gasteiger partial charge in [0.1, 0.15) is 6.07 Å². The number of nitrogens with one attached hydrogen (secondary N) is 1. The second kappa shape index (κ2) is 6.05. The van der Waals surface area contributed by atoms with Gasteiger partial charge in [-0.2, -0.15) is 5.26 Å². The van der Waals surface area contributed by atoms with Crippen LogP contribution in [-0.4, -0.2) is 15.5 Å². The van der Waals surface area contributed by atoms with Crippen LogP contribution in [0.15, 0.2) is 48.9 Å². The lowest BCUT2D eigenvalue weighted by atomic mass is 10.1. The highest BCUT2D eigenvalue weighted by Crippen LogP contribution is 2.25. The molecule has 0 unspecified atom stereocenters. The molecule has 3 rings (SSSR count). The molecule has 2 heterocycles. The molecule has 0 spiro atoms. The first-order valence-electron chi connectivity index (χ1n) is 6.91. The van der Waals surface area contributed by atoms with Crippen LogP contribution in [0, 0.1) is 23.7 Å². The van der Waals surface area contributed by atoms with E-state index >= 15 is 0 Å². The second-order valence-corrected chi connectivity index (χ2v) is 4.91. The molecule has 1 amide bonds. The molecule has 110 valence electrons. The molecule has 0 atom stereocenters. The maximum atomic E-state index is 12.2. The predicted octanol–water partition coefficient (Wildman–Crippen LogP) is 2.79. The van der Waals surface area contributed by atoms with Crippen LogP contribution in [0.2, 0.25) is 0 Å². The van der Waals surface area contributed by atoms with E-state index < -0.39 is 0 Å². The number of fused-ring (bicyclic) bond motifs is 1. The third-order valence-corrected chi connectivity index (χ3v) is 3.46. The lowest BCUT2D eigenvalue weighted by Gasteiger charge is -2.06. The van der Waals surface area contributed by atoms with Gasteiger partial charge in [0.25, 0.3) is 5.91 Å². The fourth-order valence-electron chi connectivity index (χ4n) is 2.40. The Balaban J connectivity index is 1.96. The average Bonchev–Trinajstić information content (AvgIpc) is 2.93. The molecule has 0 radical (unpaired) electrons. The Morgan fingerprint density at radius 3 is 2.78 bits per heavy atom. The van der Waals surface area contributed by atoms with Gasteiger partial charge in [0.05, 0.1) is 17.6 Å². The third-order valence-electron chi connectivity index (χ3n) is 3.46. The molecule has 5 nitrogen and oxygen atoms in total. The van der Waals surface area contributed by atoms with Gasteiger partial charge < -0.3 is 9.88 Å². The number of nitriles is 1. The molecule has 0 aliphatic heterocycles. The van der Waals surface area contributed by atoms with Crippen LogP contribution in [-0.2, 0) is 6.54 Å². The van der Waals surface area contributed by atoms with Crippen LogP contribution in [0.25, 0.3) is 10.9 Å². The highest BCUT2D eigenvalue weighted by molar-refractivity contribution is 6.05. The maximum absolute atomic E-state index is 12.2. The van der Waals surface area contributed by atoms with Crippen molar-refractivity contribution in [3.8, 4) is 18.4 Å². The van der Waals surface area contributed by atoms with Gasteiger partial charge >= 0.3 is 0 Å². The van der Waals surface area contributed by atoms with E-state index in [1.165, 1.54) is 0 Å². The summed E-state index contributed by atoms with van der Waals surface area (Å²) in [7, 11) is 0. The topological polar surface area (TPSA) is 70.7 Å². The van der Waals surface area contributed by atoms with E-state index in [1.54, 1.807) is 42.9 Å². The highest BCUT2D eigenvalue weighted by Gasteiger charge is 2.10. The van der Waals surface area contributed by atoms with Crippen LogP contribution < -0.4 is 5.32 Å². The number of carbonyl (C=O) groups is 1. The van der Waals surface area contributed by atoms with Crippen molar-refractivity contribution in [2.75, 3.05) is 5.32 Å². The third kappa shape index (κ3) is 2.76. The Morgan fingerprint density at radius 2 is 2.09 bits per heavy atom. The summed E-state index contributed by atoms with van der Waals surface area (Å²) in [5, 5.41) is 12.8. The lowest BCUT2D eigenvalue weighted by molar-refractivity contribution is 0.102. The first-order chi connectivity index (χ1) is 11.2. The number of aromatic nitrogens is 2. The zero-order chi connectivity index (χ0) is 16.2. The molecular weight excluding hydrogens is 288 g/mol. The molecule has 0 aliphatic carbocycles. The van der Waals surface area contributed by atoms with Crippen molar-refractivity contribution >= 4 is 22.5 Å². The first kappa shape index (κ1) is 14.4. The van der Waals surface area contributed by atoms with Crippen molar-refractivity contribution in [1.29, 1.82) is 5.26 Å². The standard InChI is InChI=1S/C18H12N4O/c1-2-9-22-12-14(11-19)16-10-15(3-4-17(16)22)21-18(23)13-5-7-20-8-6-13/h1,3-8,10,12H,9H2,(H,21,23). The summed E-state index contributed by atoms with van der Waals surface area (Å²) < 4.78 is 1.84. The number of nitrogens with zero attached hydrogens (tertiary/aromatic N) is 3. The first-order valence-corrected chi connectivity index (χ1v) is 6.91. The van der Waals surface area contributed by atoms with Gasteiger partial charge in [0, 0.05) is 35.2 Å². The zero-order valence-electron chi connectivity index (χ0n) is 12.2. The maximum Gasteiger partial charge on any atom is 0.255 e. The number of carbonyl (C=O) groups excluding carboxylic acids is 1. The minimum absolute atomic E-state index is 0.228. The molecule has 0 aliphatic rings. The van der Waals surface area contributed by atoms with Crippen molar-refractivity contribution in [1.82, 2.24) is 9.55 Å². The summed E-state index contributed by atoms with van der Waals surface area (Å²) in [4.78, 5) is 16.1. The van der Waals surface area contributed by atoms with Crippen LogP contribution >= 0.6 is 0 Å². The average molecular weight is 300 g/mol. The van der Waals surface area contributed by atoms with Gasteiger partial charge in [0.2, 0.25) is 0 Å². The fourth-order valence-corrected chi connectivity index (χ4v) is 2.40. The SMILES string of the molecule is C#CCn1cc(C#N)c2cc(NC(=O)c3ccncc3)ccc21. The molecule has 0 bridgehead atoms. The summed E-state index contributed by atoms with van der Waals surface area (Å²) in [5.74, 6) is 2.33. The lowest BCUT2D eigenvalue weighted by Crippen LogP contribution is -2.11. The van der Waals surface area contributed by atoms with Gasteiger partial charge in [-0.1, -0.05) is 5.92 Å². The van der Waals surface area contributed by atoms with E-state index in [-0.39, 0.29) is 5.91 Å². The number of rotatable bonds is 3. The highest BCUT2D eigenvalue weighted by atomic mass is 16.1. The molecule has 5 heteroatoms. The van der Waals surface area contributed by atoms with Gasteiger partial charge in [-0.15, -0.1) is 6.42 Å². The molecule has 3 aromatic rings. The van der Waals surface area contributed by atoms with Crippen LogP contribution in [0.4, 0.5) is 5.69 Å². The van der Waals surface area contributed by atoms with E-state index in [0.29, 0.717) is 23.4 Å². The van der Waals surface area contributed by atoms with E-state index in [0.717, 1.165) is 10.9 Å². The number of terminal acetylenes is 1. The number of anilines is 1. The summed E-state index contributed by atoms with van der Waals surface area (Å²) in [5.41, 5.74) is 2.52. The van der Waals surface area contributed by atoms with E-state index in [9.17, 15) is 10.1 Å². The largest absolute Gasteiger partial charge is 0.334 e. The quantitative estimate of drug-likeness (QED) is 0.756. The number of benzene rings is 1. The fraction of sp³-hybridized carbons (Fsp3) is 0.0556. The summed E-state index contributed by atoms with van der Waals surface area (Å²) in [6, 6.07) is 10.8. The molecule has 0 saturated heterocycles. The zero-order valence-corrected chi connectivity index (χ0v) is 12.2. The number of hydrogen-bond donors (Lipinski definition) is 1. The van der Waals surface area contributed by atoms with Crippen LogP contribution in [0.3, 0.4) is 0 Å². The summed E-state index contributed by atoms with van der Waals surface area (Å²) >= 11 is 0. The monoisotopic (exact) mass is 300 g/mol. The molecule has 23 heavy (non-hydrogen) atoms. The van der Waals surface area contributed by atoms with Crippen molar-refractivity contribution in [3.05, 3.63) is 60.0 Å². The molecule has 0 fully saturated rings. The van der Waals surface area contributed by atoms with Gasteiger partial charge in [-0.25, -0.2) is 0 Å². The van der Waals surface area contributed by atoms with Gasteiger partial charge in [-0.05, 0) is 30.3 Å².